The first kappa shape index (κ1) is 19.3. The molecule has 2 rings (SSSR count). The number of aliphatic hydroxyl groups is 1. The quantitative estimate of drug-likeness (QED) is 0.769. The Hall–Kier alpha value is -1.99. The van der Waals surface area contributed by atoms with Gasteiger partial charge in [-0.15, -0.1) is 0 Å². The monoisotopic (exact) mass is 356 g/mol. The van der Waals surface area contributed by atoms with Gasteiger partial charge in [0.15, 0.2) is 0 Å². The van der Waals surface area contributed by atoms with E-state index in [0.717, 1.165) is 12.1 Å². The number of aliphatic hydroxyl groups excluding tert-OH is 1. The van der Waals surface area contributed by atoms with Crippen LogP contribution in [0.15, 0.2) is 36.4 Å². The maximum absolute atomic E-state index is 13.9. The molecule has 0 aliphatic heterocycles. The molecule has 0 saturated heterocycles. The van der Waals surface area contributed by atoms with E-state index in [9.17, 15) is 22.7 Å². The highest BCUT2D eigenvalue weighted by molar-refractivity contribution is 5.59. The molecule has 1 heterocycles. The lowest BCUT2D eigenvalue weighted by Crippen LogP contribution is -2.36. The third-order valence-electron chi connectivity index (χ3n) is 3.96. The third-order valence-corrected chi connectivity index (χ3v) is 3.96. The minimum Gasteiger partial charge on any atom is -0.395 e. The zero-order chi connectivity index (χ0) is 18.6. The molecule has 0 spiro atoms. The van der Waals surface area contributed by atoms with Crippen LogP contribution in [-0.2, 0) is 12.7 Å². The Morgan fingerprint density at radius 3 is 2.24 bits per heavy atom. The average Bonchev–Trinajstić information content (AvgIpc) is 2.56. The van der Waals surface area contributed by atoms with Crippen molar-refractivity contribution in [3.05, 3.63) is 53.5 Å². The number of alkyl halides is 3. The highest BCUT2D eigenvalue weighted by atomic mass is 19.4. The number of hydrogen-bond acceptors (Lipinski definition) is 3. The van der Waals surface area contributed by atoms with E-state index in [0.29, 0.717) is 11.3 Å². The van der Waals surface area contributed by atoms with Gasteiger partial charge in [0.2, 0.25) is 0 Å². The van der Waals surface area contributed by atoms with Crippen molar-refractivity contribution >= 4 is 0 Å². The number of aromatic nitrogens is 1. The van der Waals surface area contributed by atoms with Gasteiger partial charge in [0.1, 0.15) is 5.82 Å². The second-order valence-electron chi connectivity index (χ2n) is 6.11. The highest BCUT2D eigenvalue weighted by Gasteiger charge is 2.30. The van der Waals surface area contributed by atoms with E-state index in [1.807, 2.05) is 13.8 Å². The van der Waals surface area contributed by atoms with Crippen LogP contribution in [0, 0.1) is 11.7 Å². The van der Waals surface area contributed by atoms with E-state index >= 15 is 0 Å². The molecule has 2 N–H and O–H groups in total. The number of halogens is 4. The van der Waals surface area contributed by atoms with Crippen molar-refractivity contribution in [2.75, 3.05) is 6.61 Å². The molecular formula is C18H20F4N2O. The van der Waals surface area contributed by atoms with Crippen molar-refractivity contribution in [2.45, 2.75) is 32.6 Å². The predicted molar refractivity (Wildman–Crippen MR) is 87.2 cm³/mol. The van der Waals surface area contributed by atoms with Crippen LogP contribution in [-0.4, -0.2) is 22.7 Å². The molecule has 3 nitrogen and oxygen atoms in total. The molecule has 1 aromatic carbocycles. The van der Waals surface area contributed by atoms with Crippen molar-refractivity contribution < 1.29 is 22.7 Å². The summed E-state index contributed by atoms with van der Waals surface area (Å²) in [5.74, 6) is -0.352. The van der Waals surface area contributed by atoms with Gasteiger partial charge in [-0.25, -0.2) is 9.37 Å². The van der Waals surface area contributed by atoms with E-state index in [4.69, 9.17) is 0 Å². The SMILES string of the molecule is CC(C)[C@@H](CO)NCc1nc(-c2ccc(C(F)(F)F)cc2)ccc1F. The van der Waals surface area contributed by atoms with E-state index in [-0.39, 0.29) is 30.8 Å². The van der Waals surface area contributed by atoms with Crippen LogP contribution in [0.2, 0.25) is 0 Å². The number of benzene rings is 1. The fourth-order valence-corrected chi connectivity index (χ4v) is 2.34. The lowest BCUT2D eigenvalue weighted by molar-refractivity contribution is -0.137. The van der Waals surface area contributed by atoms with Gasteiger partial charge in [-0.1, -0.05) is 26.0 Å². The molecule has 25 heavy (non-hydrogen) atoms. The second-order valence-corrected chi connectivity index (χ2v) is 6.11. The summed E-state index contributed by atoms with van der Waals surface area (Å²) in [6.45, 7) is 3.88. The van der Waals surface area contributed by atoms with Crippen molar-refractivity contribution in [1.82, 2.24) is 10.3 Å². The Bertz CT molecular complexity index is 699. The topological polar surface area (TPSA) is 45.1 Å². The van der Waals surface area contributed by atoms with Crippen LogP contribution < -0.4 is 5.32 Å². The summed E-state index contributed by atoms with van der Waals surface area (Å²) >= 11 is 0. The largest absolute Gasteiger partial charge is 0.416 e. The predicted octanol–water partition coefficient (Wildman–Crippen LogP) is 4.01. The number of hydrogen-bond donors (Lipinski definition) is 2. The molecule has 0 radical (unpaired) electrons. The summed E-state index contributed by atoms with van der Waals surface area (Å²) < 4.78 is 51.8. The second kappa shape index (κ2) is 7.93. The van der Waals surface area contributed by atoms with Crippen molar-refractivity contribution in [2.24, 2.45) is 5.92 Å². The summed E-state index contributed by atoms with van der Waals surface area (Å²) in [5.41, 5.74) is 0.258. The third kappa shape index (κ3) is 4.99. The molecule has 0 amide bonds. The first-order valence-corrected chi connectivity index (χ1v) is 7.89. The van der Waals surface area contributed by atoms with E-state index in [2.05, 4.69) is 10.3 Å². The van der Waals surface area contributed by atoms with E-state index in [1.54, 1.807) is 0 Å². The van der Waals surface area contributed by atoms with Gasteiger partial charge in [-0.2, -0.15) is 13.2 Å². The normalized spacial score (nSPS) is 13.3. The summed E-state index contributed by atoms with van der Waals surface area (Å²) in [5, 5.41) is 12.3. The Kier molecular flexibility index (Phi) is 6.13. The van der Waals surface area contributed by atoms with Gasteiger partial charge in [0, 0.05) is 18.2 Å². The molecule has 0 aliphatic rings. The van der Waals surface area contributed by atoms with Crippen LogP contribution in [0.25, 0.3) is 11.3 Å². The Labute approximate surface area is 143 Å². The number of pyridine rings is 1. The molecule has 1 atom stereocenters. The summed E-state index contributed by atoms with van der Waals surface area (Å²) in [7, 11) is 0. The van der Waals surface area contributed by atoms with Gasteiger partial charge in [-0.05, 0) is 30.2 Å². The van der Waals surface area contributed by atoms with Crippen LogP contribution in [0.3, 0.4) is 0 Å². The zero-order valence-corrected chi connectivity index (χ0v) is 13.9. The average molecular weight is 356 g/mol. The van der Waals surface area contributed by atoms with Crippen LogP contribution in [0.5, 0.6) is 0 Å². The lowest BCUT2D eigenvalue weighted by Gasteiger charge is -2.20. The molecule has 7 heteroatoms. The number of rotatable bonds is 6. The maximum atomic E-state index is 13.9. The van der Waals surface area contributed by atoms with Crippen LogP contribution in [0.1, 0.15) is 25.1 Å². The molecule has 0 saturated carbocycles. The van der Waals surface area contributed by atoms with Gasteiger partial charge in [-0.3, -0.25) is 0 Å². The molecule has 0 fully saturated rings. The van der Waals surface area contributed by atoms with Crippen molar-refractivity contribution in [3.63, 3.8) is 0 Å². The number of nitrogens with zero attached hydrogens (tertiary/aromatic N) is 1. The molecule has 136 valence electrons. The van der Waals surface area contributed by atoms with E-state index in [1.165, 1.54) is 24.3 Å². The molecular weight excluding hydrogens is 336 g/mol. The maximum Gasteiger partial charge on any atom is 0.416 e. The minimum atomic E-state index is -4.40. The van der Waals surface area contributed by atoms with Crippen molar-refractivity contribution in [3.8, 4) is 11.3 Å². The molecule has 0 unspecified atom stereocenters. The summed E-state index contributed by atoms with van der Waals surface area (Å²) in [6, 6.07) is 7.03. The Balaban J connectivity index is 2.20. The van der Waals surface area contributed by atoms with Crippen molar-refractivity contribution in [1.29, 1.82) is 0 Å². The van der Waals surface area contributed by atoms with Gasteiger partial charge in [0.25, 0.3) is 0 Å². The zero-order valence-electron chi connectivity index (χ0n) is 13.9. The Morgan fingerprint density at radius 1 is 1.08 bits per heavy atom. The van der Waals surface area contributed by atoms with E-state index < -0.39 is 17.6 Å². The van der Waals surface area contributed by atoms with Gasteiger partial charge < -0.3 is 10.4 Å². The summed E-state index contributed by atoms with van der Waals surface area (Å²) in [6.07, 6.45) is -4.40. The molecule has 0 bridgehead atoms. The Morgan fingerprint density at radius 2 is 1.72 bits per heavy atom. The fraction of sp³-hybridized carbons (Fsp3) is 0.389. The smallest absolute Gasteiger partial charge is 0.395 e. The standard InChI is InChI=1S/C18H20F4N2O/c1-11(2)17(10-25)23-9-16-14(19)7-8-15(24-16)12-3-5-13(6-4-12)18(20,21)22/h3-8,11,17,23,25H,9-10H2,1-2H3/t17-/m1/s1. The van der Waals surface area contributed by atoms with Gasteiger partial charge in [0.05, 0.1) is 23.6 Å². The lowest BCUT2D eigenvalue weighted by atomic mass is 10.1. The summed E-state index contributed by atoms with van der Waals surface area (Å²) in [4.78, 5) is 4.20. The van der Waals surface area contributed by atoms with Gasteiger partial charge >= 0.3 is 6.18 Å². The van der Waals surface area contributed by atoms with Crippen LogP contribution in [0.4, 0.5) is 17.6 Å². The molecule has 1 aromatic heterocycles. The molecule has 2 aromatic rings. The first-order valence-electron chi connectivity index (χ1n) is 7.89. The first-order chi connectivity index (χ1) is 11.7. The number of nitrogens with one attached hydrogen (secondary N) is 1. The van der Waals surface area contributed by atoms with Crippen LogP contribution >= 0.6 is 0 Å². The highest BCUT2D eigenvalue weighted by Crippen LogP contribution is 2.30. The fourth-order valence-electron chi connectivity index (χ4n) is 2.34. The molecule has 0 aliphatic carbocycles. The minimum absolute atomic E-state index is 0.0854.